The summed E-state index contributed by atoms with van der Waals surface area (Å²) in [5.74, 6) is -1.54. The summed E-state index contributed by atoms with van der Waals surface area (Å²) < 4.78 is 40.0. The van der Waals surface area contributed by atoms with Crippen molar-refractivity contribution >= 4 is 28.9 Å². The van der Waals surface area contributed by atoms with E-state index in [1.165, 1.54) is 6.20 Å². The van der Waals surface area contributed by atoms with Gasteiger partial charge in [0.25, 0.3) is 5.56 Å². The molecule has 0 bridgehead atoms. The fraction of sp³-hybridized carbons (Fsp3) is 0.444. The van der Waals surface area contributed by atoms with E-state index in [9.17, 15) is 23.1 Å². The van der Waals surface area contributed by atoms with Crippen molar-refractivity contribution in [1.29, 1.82) is 0 Å². The standard InChI is InChI=1S/C18H18Cl2F3N3O2/c19-12-3-5-13(6-4-12)26-16(27)15(20)14(9-25-26)24-10-17(28)7-1-2-11(8-17)18(21,22)23/h3-6,9,11,24,28H,1-2,7-8,10H2. The Balaban J connectivity index is 1.75. The summed E-state index contributed by atoms with van der Waals surface area (Å²) >= 11 is 11.9. The van der Waals surface area contributed by atoms with Gasteiger partial charge in [0, 0.05) is 11.6 Å². The summed E-state index contributed by atoms with van der Waals surface area (Å²) in [7, 11) is 0. The molecule has 5 nitrogen and oxygen atoms in total. The van der Waals surface area contributed by atoms with Crippen LogP contribution in [0, 0.1) is 5.92 Å². The molecule has 0 aliphatic heterocycles. The van der Waals surface area contributed by atoms with Gasteiger partial charge in [0.2, 0.25) is 0 Å². The molecule has 3 rings (SSSR count). The molecule has 1 aliphatic carbocycles. The van der Waals surface area contributed by atoms with E-state index in [-0.39, 0.29) is 36.5 Å². The molecule has 1 aromatic carbocycles. The molecule has 2 N–H and O–H groups in total. The normalized spacial score (nSPS) is 22.9. The Hall–Kier alpha value is -1.77. The Labute approximate surface area is 169 Å². The average molecular weight is 436 g/mol. The van der Waals surface area contributed by atoms with Gasteiger partial charge in [-0.05, 0) is 49.9 Å². The van der Waals surface area contributed by atoms with Gasteiger partial charge in [-0.3, -0.25) is 4.79 Å². The van der Waals surface area contributed by atoms with Crippen molar-refractivity contribution in [3.05, 3.63) is 50.9 Å². The van der Waals surface area contributed by atoms with E-state index in [1.807, 2.05) is 0 Å². The van der Waals surface area contributed by atoms with Crippen molar-refractivity contribution in [1.82, 2.24) is 9.78 Å². The summed E-state index contributed by atoms with van der Waals surface area (Å²) in [4.78, 5) is 12.5. The van der Waals surface area contributed by atoms with E-state index in [4.69, 9.17) is 23.2 Å². The molecule has 0 spiro atoms. The summed E-state index contributed by atoms with van der Waals surface area (Å²) in [6.45, 7) is -0.161. The number of rotatable bonds is 4. The van der Waals surface area contributed by atoms with Crippen molar-refractivity contribution in [3.63, 3.8) is 0 Å². The molecule has 0 amide bonds. The molecule has 0 radical (unpaired) electrons. The fourth-order valence-corrected chi connectivity index (χ4v) is 3.68. The van der Waals surface area contributed by atoms with Crippen LogP contribution in [0.4, 0.5) is 18.9 Å². The lowest BCUT2D eigenvalue weighted by molar-refractivity contribution is -0.199. The zero-order valence-electron chi connectivity index (χ0n) is 14.6. The van der Waals surface area contributed by atoms with Gasteiger partial charge in [-0.2, -0.15) is 23.0 Å². The highest BCUT2D eigenvalue weighted by Crippen LogP contribution is 2.41. The van der Waals surface area contributed by atoms with E-state index in [2.05, 4.69) is 10.4 Å². The lowest BCUT2D eigenvalue weighted by Crippen LogP contribution is -2.45. The SMILES string of the molecule is O=c1c(Cl)c(NCC2(O)CCCC(C(F)(F)F)C2)cnn1-c1ccc(Cl)cc1. The molecule has 10 heteroatoms. The lowest BCUT2D eigenvalue weighted by atomic mass is 9.77. The molecule has 28 heavy (non-hydrogen) atoms. The maximum Gasteiger partial charge on any atom is 0.391 e. The van der Waals surface area contributed by atoms with Crippen LogP contribution in [0.5, 0.6) is 0 Å². The molecule has 1 fully saturated rings. The number of hydrogen-bond donors (Lipinski definition) is 2. The molecular formula is C18H18Cl2F3N3O2. The van der Waals surface area contributed by atoms with E-state index in [0.29, 0.717) is 10.7 Å². The predicted octanol–water partition coefficient (Wildman–Crippen LogP) is 4.43. The average Bonchev–Trinajstić information content (AvgIpc) is 2.63. The third-order valence-corrected chi connectivity index (χ3v) is 5.50. The van der Waals surface area contributed by atoms with E-state index in [1.54, 1.807) is 24.3 Å². The van der Waals surface area contributed by atoms with Gasteiger partial charge in [0.05, 0.1) is 29.1 Å². The lowest BCUT2D eigenvalue weighted by Gasteiger charge is -2.37. The molecule has 2 aromatic rings. The Kier molecular flexibility index (Phi) is 5.93. The second-order valence-electron chi connectivity index (χ2n) is 6.98. The topological polar surface area (TPSA) is 67.2 Å². The van der Waals surface area contributed by atoms with Crippen LogP contribution in [0.1, 0.15) is 25.7 Å². The van der Waals surface area contributed by atoms with Crippen LogP contribution < -0.4 is 10.9 Å². The van der Waals surface area contributed by atoms with Gasteiger partial charge in [-0.15, -0.1) is 0 Å². The number of alkyl halides is 3. The second kappa shape index (κ2) is 7.93. The third-order valence-electron chi connectivity index (χ3n) is 4.88. The number of halogens is 5. The van der Waals surface area contributed by atoms with Crippen molar-refractivity contribution in [3.8, 4) is 5.69 Å². The summed E-state index contributed by atoms with van der Waals surface area (Å²) in [5, 5.41) is 17.7. The van der Waals surface area contributed by atoms with Crippen LogP contribution in [0.2, 0.25) is 10.0 Å². The summed E-state index contributed by atoms with van der Waals surface area (Å²) in [6.07, 6.45) is -2.92. The first-order valence-electron chi connectivity index (χ1n) is 8.66. The minimum absolute atomic E-state index is 0.00522. The monoisotopic (exact) mass is 435 g/mol. The first-order valence-corrected chi connectivity index (χ1v) is 9.41. The van der Waals surface area contributed by atoms with Crippen molar-refractivity contribution in [2.24, 2.45) is 5.92 Å². The van der Waals surface area contributed by atoms with Crippen LogP contribution in [-0.2, 0) is 0 Å². The molecule has 1 aromatic heterocycles. The number of aromatic nitrogens is 2. The highest BCUT2D eigenvalue weighted by molar-refractivity contribution is 6.33. The van der Waals surface area contributed by atoms with E-state index < -0.39 is 29.7 Å². The van der Waals surface area contributed by atoms with Crippen molar-refractivity contribution in [2.75, 3.05) is 11.9 Å². The Morgan fingerprint density at radius 1 is 1.29 bits per heavy atom. The first kappa shape index (κ1) is 21.0. The number of anilines is 1. The highest BCUT2D eigenvalue weighted by Gasteiger charge is 2.46. The maximum atomic E-state index is 13.0. The number of nitrogens with one attached hydrogen (secondary N) is 1. The predicted molar refractivity (Wildman–Crippen MR) is 101 cm³/mol. The Morgan fingerprint density at radius 2 is 1.96 bits per heavy atom. The van der Waals surface area contributed by atoms with Crippen LogP contribution >= 0.6 is 23.2 Å². The second-order valence-corrected chi connectivity index (χ2v) is 7.79. The molecule has 0 saturated heterocycles. The number of nitrogens with zero attached hydrogens (tertiary/aromatic N) is 2. The van der Waals surface area contributed by atoms with Crippen LogP contribution in [-0.4, -0.2) is 33.2 Å². The summed E-state index contributed by atoms with van der Waals surface area (Å²) in [6, 6.07) is 6.39. The molecule has 2 atom stereocenters. The minimum Gasteiger partial charge on any atom is -0.388 e. The van der Waals surface area contributed by atoms with Gasteiger partial charge in [-0.25, -0.2) is 0 Å². The van der Waals surface area contributed by atoms with Crippen LogP contribution in [0.25, 0.3) is 5.69 Å². The molecule has 2 unspecified atom stereocenters. The fourth-order valence-electron chi connectivity index (χ4n) is 3.36. The number of aliphatic hydroxyl groups is 1. The highest BCUT2D eigenvalue weighted by atomic mass is 35.5. The van der Waals surface area contributed by atoms with Crippen molar-refractivity contribution < 1.29 is 18.3 Å². The quantitative estimate of drug-likeness (QED) is 0.744. The van der Waals surface area contributed by atoms with Gasteiger partial charge in [0.15, 0.2) is 0 Å². The largest absolute Gasteiger partial charge is 0.391 e. The van der Waals surface area contributed by atoms with Gasteiger partial charge in [-0.1, -0.05) is 23.2 Å². The van der Waals surface area contributed by atoms with E-state index >= 15 is 0 Å². The zero-order chi connectivity index (χ0) is 20.5. The molecule has 152 valence electrons. The Bertz CT molecular complexity index is 902. The van der Waals surface area contributed by atoms with E-state index in [0.717, 1.165) is 4.68 Å². The molecule has 1 aliphatic rings. The molecule has 1 heterocycles. The number of hydrogen-bond acceptors (Lipinski definition) is 4. The Morgan fingerprint density at radius 3 is 2.61 bits per heavy atom. The van der Waals surface area contributed by atoms with Crippen LogP contribution in [0.3, 0.4) is 0 Å². The maximum absolute atomic E-state index is 13.0. The van der Waals surface area contributed by atoms with Gasteiger partial charge in [0.1, 0.15) is 5.02 Å². The van der Waals surface area contributed by atoms with Gasteiger partial charge < -0.3 is 10.4 Å². The smallest absolute Gasteiger partial charge is 0.388 e. The van der Waals surface area contributed by atoms with Crippen molar-refractivity contribution in [2.45, 2.75) is 37.5 Å². The molecule has 1 saturated carbocycles. The summed E-state index contributed by atoms with van der Waals surface area (Å²) in [5.41, 5.74) is -1.52. The minimum atomic E-state index is -4.34. The zero-order valence-corrected chi connectivity index (χ0v) is 16.2. The van der Waals surface area contributed by atoms with Gasteiger partial charge >= 0.3 is 6.18 Å². The first-order chi connectivity index (χ1) is 13.1. The molecular weight excluding hydrogens is 418 g/mol. The third kappa shape index (κ3) is 4.61. The van der Waals surface area contributed by atoms with Crippen LogP contribution in [0.15, 0.2) is 35.3 Å². The number of benzene rings is 1.